The highest BCUT2D eigenvalue weighted by Crippen LogP contribution is 2.28. The van der Waals surface area contributed by atoms with E-state index >= 15 is 0 Å². The second kappa shape index (κ2) is 9.06. The third-order valence-corrected chi connectivity index (χ3v) is 7.78. The first kappa shape index (κ1) is 22.1. The van der Waals surface area contributed by atoms with Gasteiger partial charge in [-0.05, 0) is 49.6 Å². The van der Waals surface area contributed by atoms with Gasteiger partial charge in [-0.1, -0.05) is 29.8 Å². The number of ether oxygens (including phenoxy) is 1. The number of aryl methyl sites for hydroxylation is 1. The molecule has 1 aliphatic heterocycles. The molecule has 30 heavy (non-hydrogen) atoms. The minimum Gasteiger partial charge on any atom is -0.465 e. The summed E-state index contributed by atoms with van der Waals surface area (Å²) in [6.45, 7) is 2.45. The second-order valence-corrected chi connectivity index (χ2v) is 9.74. The molecule has 7 nitrogen and oxygen atoms in total. The van der Waals surface area contributed by atoms with Crippen molar-refractivity contribution in [2.24, 2.45) is 0 Å². The Hall–Kier alpha value is -2.58. The molecule has 1 aliphatic rings. The molecular weight excluding hydrogens is 428 g/mol. The predicted molar refractivity (Wildman–Crippen MR) is 115 cm³/mol. The number of benzene rings is 2. The molecule has 3 rings (SSSR count). The smallest absolute Gasteiger partial charge is 0.339 e. The molecule has 9 heteroatoms. The highest BCUT2D eigenvalue weighted by Gasteiger charge is 2.35. The normalized spacial score (nSPS) is 15.0. The molecule has 0 spiro atoms. The molecule has 2 aromatic carbocycles. The number of urea groups is 1. The lowest BCUT2D eigenvalue weighted by molar-refractivity contribution is 0.0596. The summed E-state index contributed by atoms with van der Waals surface area (Å²) in [6, 6.07) is 11.0. The zero-order chi connectivity index (χ0) is 21.9. The van der Waals surface area contributed by atoms with E-state index in [4.69, 9.17) is 16.3 Å². The van der Waals surface area contributed by atoms with E-state index in [1.165, 1.54) is 19.2 Å². The lowest BCUT2D eigenvalue weighted by Crippen LogP contribution is -2.44. The Balaban J connectivity index is 1.70. The summed E-state index contributed by atoms with van der Waals surface area (Å²) in [6.07, 6.45) is 0.541. The number of hydrogen-bond acceptors (Lipinski definition) is 5. The van der Waals surface area contributed by atoms with Gasteiger partial charge in [0.1, 0.15) is 0 Å². The molecule has 1 fully saturated rings. The van der Waals surface area contributed by atoms with E-state index in [0.717, 1.165) is 5.56 Å². The number of carbonyl (C=O) groups is 2. The summed E-state index contributed by atoms with van der Waals surface area (Å²) >= 11 is 6.13. The molecule has 0 aliphatic carbocycles. The van der Waals surface area contributed by atoms with Crippen LogP contribution >= 0.6 is 11.6 Å². The molecular formula is C21H23ClN2O5S. The van der Waals surface area contributed by atoms with Crippen molar-refractivity contribution >= 4 is 39.1 Å². The zero-order valence-electron chi connectivity index (χ0n) is 16.7. The van der Waals surface area contributed by atoms with Crippen LogP contribution in [-0.4, -0.2) is 50.8 Å². The van der Waals surface area contributed by atoms with Crippen molar-refractivity contribution in [3.05, 3.63) is 58.6 Å². The van der Waals surface area contributed by atoms with Gasteiger partial charge in [0, 0.05) is 13.1 Å². The number of nitrogens with one attached hydrogen (secondary N) is 1. The van der Waals surface area contributed by atoms with Crippen LogP contribution in [0.25, 0.3) is 0 Å². The maximum atomic E-state index is 13.1. The number of hydrogen-bond donors (Lipinski definition) is 1. The fourth-order valence-electron chi connectivity index (χ4n) is 3.47. The van der Waals surface area contributed by atoms with Crippen LogP contribution in [0.15, 0.2) is 47.4 Å². The Morgan fingerprint density at radius 1 is 1.13 bits per heavy atom. The highest BCUT2D eigenvalue weighted by molar-refractivity contribution is 7.92. The lowest BCUT2D eigenvalue weighted by atomic mass is 10.1. The van der Waals surface area contributed by atoms with Crippen LogP contribution in [-0.2, 0) is 14.6 Å². The summed E-state index contributed by atoms with van der Waals surface area (Å²) in [5, 5.41) is 2.53. The number of anilines is 1. The second-order valence-electron chi connectivity index (χ2n) is 7.13. The Kier molecular flexibility index (Phi) is 6.67. The molecule has 2 aromatic rings. The van der Waals surface area contributed by atoms with Gasteiger partial charge in [-0.2, -0.15) is 0 Å². The summed E-state index contributed by atoms with van der Waals surface area (Å²) < 4.78 is 31.0. The number of methoxy groups -OCH3 is 1. The van der Waals surface area contributed by atoms with Crippen LogP contribution in [0.3, 0.4) is 0 Å². The van der Waals surface area contributed by atoms with Gasteiger partial charge in [-0.25, -0.2) is 18.0 Å². The van der Waals surface area contributed by atoms with E-state index < -0.39 is 21.1 Å². The number of carbonyl (C=O) groups excluding carboxylic acids is 2. The van der Waals surface area contributed by atoms with Crippen LogP contribution in [0.4, 0.5) is 10.5 Å². The van der Waals surface area contributed by atoms with Crippen LogP contribution in [0, 0.1) is 6.92 Å². The summed E-state index contributed by atoms with van der Waals surface area (Å²) in [7, 11) is -2.54. The van der Waals surface area contributed by atoms with Crippen molar-refractivity contribution in [1.29, 1.82) is 0 Å². The summed E-state index contributed by atoms with van der Waals surface area (Å²) in [4.78, 5) is 26.1. The van der Waals surface area contributed by atoms with Crippen molar-refractivity contribution in [2.75, 3.05) is 25.5 Å². The van der Waals surface area contributed by atoms with E-state index in [9.17, 15) is 18.0 Å². The van der Waals surface area contributed by atoms with Gasteiger partial charge in [0.15, 0.2) is 9.84 Å². The van der Waals surface area contributed by atoms with E-state index in [0.29, 0.717) is 10.7 Å². The van der Waals surface area contributed by atoms with Crippen LogP contribution in [0.1, 0.15) is 28.8 Å². The van der Waals surface area contributed by atoms with E-state index in [2.05, 4.69) is 5.32 Å². The molecule has 0 aromatic heterocycles. The van der Waals surface area contributed by atoms with Crippen LogP contribution < -0.4 is 5.32 Å². The minimum atomic E-state index is -3.75. The number of halogens is 1. The predicted octanol–water partition coefficient (Wildman–Crippen LogP) is 3.91. The number of piperidine rings is 1. The van der Waals surface area contributed by atoms with Crippen molar-refractivity contribution in [1.82, 2.24) is 4.90 Å². The van der Waals surface area contributed by atoms with Gasteiger partial charge in [0.25, 0.3) is 0 Å². The topological polar surface area (TPSA) is 92.8 Å². The third-order valence-electron chi connectivity index (χ3n) is 5.13. The number of likely N-dealkylation sites (tertiary alicyclic amines) is 1. The molecule has 0 saturated carbocycles. The third kappa shape index (κ3) is 4.60. The summed E-state index contributed by atoms with van der Waals surface area (Å²) in [5.41, 5.74) is 1.50. The lowest BCUT2D eigenvalue weighted by Gasteiger charge is -2.32. The maximum absolute atomic E-state index is 13.1. The molecule has 1 heterocycles. The number of rotatable bonds is 4. The van der Waals surface area contributed by atoms with E-state index in [1.54, 1.807) is 29.2 Å². The SMILES string of the molecule is COC(=O)c1ccccc1S(=O)(=O)C1CCN(C(=O)Nc2cc(C)ccc2Cl)CC1. The molecule has 0 bridgehead atoms. The van der Waals surface area contributed by atoms with Crippen molar-refractivity contribution in [2.45, 2.75) is 29.9 Å². The van der Waals surface area contributed by atoms with E-state index in [1.807, 2.05) is 13.0 Å². The molecule has 0 unspecified atom stereocenters. The first-order chi connectivity index (χ1) is 14.2. The number of sulfone groups is 1. The average Bonchev–Trinajstić information content (AvgIpc) is 2.75. The van der Waals surface area contributed by atoms with Crippen molar-refractivity contribution in [3.8, 4) is 0 Å². The Morgan fingerprint density at radius 2 is 1.80 bits per heavy atom. The van der Waals surface area contributed by atoms with Gasteiger partial charge < -0.3 is 15.0 Å². The first-order valence-corrected chi connectivity index (χ1v) is 11.4. The molecule has 2 amide bonds. The van der Waals surface area contributed by atoms with Crippen LogP contribution in [0.5, 0.6) is 0 Å². The monoisotopic (exact) mass is 450 g/mol. The largest absolute Gasteiger partial charge is 0.465 e. The summed E-state index contributed by atoms with van der Waals surface area (Å²) in [5.74, 6) is -0.693. The van der Waals surface area contributed by atoms with E-state index in [-0.39, 0.29) is 42.4 Å². The maximum Gasteiger partial charge on any atom is 0.339 e. The van der Waals surface area contributed by atoms with Gasteiger partial charge in [0.05, 0.1) is 33.5 Å². The Labute approximate surface area is 180 Å². The number of esters is 1. The highest BCUT2D eigenvalue weighted by atomic mass is 35.5. The quantitative estimate of drug-likeness (QED) is 0.713. The molecule has 0 atom stereocenters. The van der Waals surface area contributed by atoms with Crippen molar-refractivity contribution < 1.29 is 22.7 Å². The molecule has 0 radical (unpaired) electrons. The Bertz CT molecular complexity index is 1060. The van der Waals surface area contributed by atoms with Crippen molar-refractivity contribution in [3.63, 3.8) is 0 Å². The molecule has 1 N–H and O–H groups in total. The number of nitrogens with zero attached hydrogens (tertiary/aromatic N) is 1. The Morgan fingerprint density at radius 3 is 2.47 bits per heavy atom. The molecule has 160 valence electrons. The molecule has 1 saturated heterocycles. The average molecular weight is 451 g/mol. The van der Waals surface area contributed by atoms with Gasteiger partial charge in [-0.3, -0.25) is 0 Å². The number of amides is 2. The van der Waals surface area contributed by atoms with Gasteiger partial charge >= 0.3 is 12.0 Å². The van der Waals surface area contributed by atoms with Gasteiger partial charge in [0.2, 0.25) is 0 Å². The minimum absolute atomic E-state index is 0.0225. The zero-order valence-corrected chi connectivity index (χ0v) is 18.3. The van der Waals surface area contributed by atoms with Crippen LogP contribution in [0.2, 0.25) is 5.02 Å². The fourth-order valence-corrected chi connectivity index (χ4v) is 5.55. The van der Waals surface area contributed by atoms with Gasteiger partial charge in [-0.15, -0.1) is 0 Å². The standard InChI is InChI=1S/C21H23ClN2O5S/c1-14-7-8-17(22)18(13-14)23-21(26)24-11-9-15(10-12-24)30(27,28)19-6-4-3-5-16(19)20(25)29-2/h3-8,13,15H,9-12H2,1-2H3,(H,23,26). The fraction of sp³-hybridized carbons (Fsp3) is 0.333. The first-order valence-electron chi connectivity index (χ1n) is 9.47.